The summed E-state index contributed by atoms with van der Waals surface area (Å²) in [6.07, 6.45) is 0.326. The third-order valence-electron chi connectivity index (χ3n) is 5.99. The lowest BCUT2D eigenvalue weighted by atomic mass is 10.1. The molecule has 0 unspecified atom stereocenters. The van der Waals surface area contributed by atoms with Crippen molar-refractivity contribution in [1.29, 1.82) is 0 Å². The van der Waals surface area contributed by atoms with Gasteiger partial charge in [0.1, 0.15) is 13.3 Å². The maximum Gasteiger partial charge on any atom is 0.415 e. The van der Waals surface area contributed by atoms with Gasteiger partial charge in [-0.05, 0) is 28.8 Å². The minimum atomic E-state index is -1.12. The Hall–Kier alpha value is -4.96. The molecule has 5 aromatic rings. The molecule has 3 aromatic carbocycles. The van der Waals surface area contributed by atoms with Crippen molar-refractivity contribution in [3.05, 3.63) is 129 Å². The molecular formula is C28H24N4O6. The molecule has 2 aromatic heterocycles. The molecule has 10 heteroatoms. The number of nitrogens with zero attached hydrogens (tertiary/aromatic N) is 4. The van der Waals surface area contributed by atoms with Crippen molar-refractivity contribution in [2.24, 2.45) is 0 Å². The van der Waals surface area contributed by atoms with Gasteiger partial charge < -0.3 is 14.6 Å². The van der Waals surface area contributed by atoms with Crippen LogP contribution in [0, 0.1) is 0 Å². The zero-order valence-electron chi connectivity index (χ0n) is 20.3. The van der Waals surface area contributed by atoms with Crippen molar-refractivity contribution in [1.82, 2.24) is 18.9 Å². The zero-order valence-corrected chi connectivity index (χ0v) is 20.3. The fraction of sp³-hybridized carbons (Fsp3) is 0.143. The van der Waals surface area contributed by atoms with Crippen molar-refractivity contribution in [3.63, 3.8) is 0 Å². The predicted molar refractivity (Wildman–Crippen MR) is 139 cm³/mol. The minimum Gasteiger partial charge on any atom is -0.468 e. The van der Waals surface area contributed by atoms with Gasteiger partial charge in [0.15, 0.2) is 0 Å². The molecule has 0 bridgehead atoms. The van der Waals surface area contributed by atoms with E-state index in [0.29, 0.717) is 16.5 Å². The molecule has 0 aliphatic rings. The summed E-state index contributed by atoms with van der Waals surface area (Å²) < 4.78 is 14.6. The first-order valence-electron chi connectivity index (χ1n) is 11.8. The molecule has 192 valence electrons. The van der Waals surface area contributed by atoms with Crippen molar-refractivity contribution in [2.45, 2.75) is 26.5 Å². The van der Waals surface area contributed by atoms with E-state index in [9.17, 15) is 19.5 Å². The largest absolute Gasteiger partial charge is 0.468 e. The molecule has 0 fully saturated rings. The van der Waals surface area contributed by atoms with E-state index in [1.54, 1.807) is 24.3 Å². The van der Waals surface area contributed by atoms with Crippen LogP contribution in [0.15, 0.2) is 101 Å². The third kappa shape index (κ3) is 5.25. The predicted octanol–water partition coefficient (Wildman–Crippen LogP) is 3.69. The topological polar surface area (TPSA) is 118 Å². The van der Waals surface area contributed by atoms with Gasteiger partial charge in [0.25, 0.3) is 5.88 Å². The Labute approximate surface area is 216 Å². The molecule has 38 heavy (non-hydrogen) atoms. The zero-order chi connectivity index (χ0) is 26.5. The summed E-state index contributed by atoms with van der Waals surface area (Å²) >= 11 is 0. The Balaban J connectivity index is 1.49. The molecule has 5 rings (SSSR count). The molecule has 0 saturated heterocycles. The number of carbonyl (C=O) groups is 1. The van der Waals surface area contributed by atoms with E-state index in [2.05, 4.69) is 5.10 Å². The molecule has 2 heterocycles. The second-order valence-electron chi connectivity index (χ2n) is 8.53. The van der Waals surface area contributed by atoms with Crippen LogP contribution in [0.3, 0.4) is 0 Å². The lowest BCUT2D eigenvalue weighted by Gasteiger charge is -2.13. The van der Waals surface area contributed by atoms with Crippen molar-refractivity contribution < 1.29 is 19.4 Å². The molecule has 0 radical (unpaired) electrons. The number of rotatable bonds is 9. The second kappa shape index (κ2) is 11.0. The maximum absolute atomic E-state index is 13.3. The van der Waals surface area contributed by atoms with Gasteiger partial charge in [-0.3, -0.25) is 9.36 Å². The number of ether oxygens (including phenoxy) is 2. The van der Waals surface area contributed by atoms with Crippen LogP contribution in [0.1, 0.15) is 16.7 Å². The van der Waals surface area contributed by atoms with Gasteiger partial charge in [0.05, 0.1) is 18.7 Å². The fourth-order valence-electron chi connectivity index (χ4n) is 4.10. The highest BCUT2D eigenvalue weighted by atomic mass is 16.5. The van der Waals surface area contributed by atoms with Crippen LogP contribution in [0.5, 0.6) is 5.88 Å². The lowest BCUT2D eigenvalue weighted by molar-refractivity contribution is 0.0558. The van der Waals surface area contributed by atoms with Crippen LogP contribution in [-0.4, -0.2) is 30.1 Å². The highest BCUT2D eigenvalue weighted by molar-refractivity contribution is 5.90. The molecule has 0 aliphatic heterocycles. The summed E-state index contributed by atoms with van der Waals surface area (Å²) in [5.41, 5.74) is 1.48. The van der Waals surface area contributed by atoms with Crippen LogP contribution in [0.25, 0.3) is 10.9 Å². The normalized spacial score (nSPS) is 11.1. The Morgan fingerprint density at radius 2 is 1.53 bits per heavy atom. The molecule has 0 saturated carbocycles. The van der Waals surface area contributed by atoms with Crippen molar-refractivity contribution in [2.75, 3.05) is 0 Å². The van der Waals surface area contributed by atoms with E-state index < -0.39 is 17.3 Å². The van der Waals surface area contributed by atoms with Gasteiger partial charge >= 0.3 is 17.3 Å². The maximum atomic E-state index is 13.3. The van der Waals surface area contributed by atoms with E-state index >= 15 is 0 Å². The van der Waals surface area contributed by atoms with E-state index in [1.807, 2.05) is 60.7 Å². The van der Waals surface area contributed by atoms with Gasteiger partial charge in [-0.25, -0.2) is 18.8 Å². The van der Waals surface area contributed by atoms with Crippen LogP contribution < -0.4 is 16.0 Å². The first kappa shape index (κ1) is 24.7. The number of hydrogen-bond donors (Lipinski definition) is 1. The van der Waals surface area contributed by atoms with Crippen molar-refractivity contribution in [3.8, 4) is 5.88 Å². The fourth-order valence-corrected chi connectivity index (χ4v) is 4.10. The van der Waals surface area contributed by atoms with Crippen molar-refractivity contribution >= 4 is 17.0 Å². The number of benzene rings is 3. The van der Waals surface area contributed by atoms with Gasteiger partial charge in [-0.1, -0.05) is 72.8 Å². The van der Waals surface area contributed by atoms with E-state index in [0.717, 1.165) is 24.9 Å². The summed E-state index contributed by atoms with van der Waals surface area (Å²) in [4.78, 5) is 38.0. The van der Waals surface area contributed by atoms with E-state index in [-0.39, 0.29) is 32.4 Å². The average Bonchev–Trinajstić information content (AvgIpc) is 3.38. The van der Waals surface area contributed by atoms with E-state index in [4.69, 9.17) is 9.47 Å². The smallest absolute Gasteiger partial charge is 0.415 e. The molecule has 0 aliphatic carbocycles. The van der Waals surface area contributed by atoms with Crippen LogP contribution in [0.2, 0.25) is 0 Å². The number of hydrogen-bond acceptors (Lipinski definition) is 6. The molecule has 0 atom stereocenters. The summed E-state index contributed by atoms with van der Waals surface area (Å²) in [7, 11) is 0. The first-order valence-corrected chi connectivity index (χ1v) is 11.8. The average molecular weight is 513 g/mol. The Morgan fingerprint density at radius 3 is 2.21 bits per heavy atom. The summed E-state index contributed by atoms with van der Waals surface area (Å²) in [6.45, 7) is -0.0166. The van der Waals surface area contributed by atoms with Gasteiger partial charge in [-0.2, -0.15) is 0 Å². The lowest BCUT2D eigenvalue weighted by Crippen LogP contribution is -2.42. The highest BCUT2D eigenvalue weighted by Gasteiger charge is 2.17. The molecule has 0 amide bonds. The first-order chi connectivity index (χ1) is 18.5. The van der Waals surface area contributed by atoms with Gasteiger partial charge in [0.2, 0.25) is 0 Å². The monoisotopic (exact) mass is 512 g/mol. The summed E-state index contributed by atoms with van der Waals surface area (Å²) in [6, 6.07) is 25.5. The quantitative estimate of drug-likeness (QED) is 0.320. The van der Waals surface area contributed by atoms with Gasteiger partial charge in [0, 0.05) is 11.6 Å². The van der Waals surface area contributed by atoms with E-state index in [1.165, 1.54) is 6.20 Å². The third-order valence-corrected chi connectivity index (χ3v) is 5.99. The Morgan fingerprint density at radius 1 is 0.842 bits per heavy atom. The van der Waals surface area contributed by atoms with Crippen LogP contribution >= 0.6 is 0 Å². The summed E-state index contributed by atoms with van der Waals surface area (Å²) in [5, 5.41) is 14.3. The minimum absolute atomic E-state index is 0.0134. The number of carboxylic acid groups (broad SMARTS) is 1. The highest BCUT2D eigenvalue weighted by Crippen LogP contribution is 2.21. The Kier molecular flexibility index (Phi) is 7.14. The molecular weight excluding hydrogens is 488 g/mol. The molecule has 10 nitrogen and oxygen atoms in total. The summed E-state index contributed by atoms with van der Waals surface area (Å²) in [5.74, 6) is -0.243. The van der Waals surface area contributed by atoms with Gasteiger partial charge in [-0.15, -0.1) is 5.10 Å². The Bertz CT molecular complexity index is 1690. The number of fused-ring (bicyclic) bond motifs is 1. The standard InChI is InChI=1S/C28H24N4O6/c33-26-25(38-18-21-10-5-2-6-11-21)29-32(27(34)31(26)19-37-17-20-8-3-1-4-9-20)16-22-12-7-13-24-23(22)14-15-30(24)28(35)36/h1-15H,16-19H2,(H,35,36). The number of aromatic nitrogens is 4. The van der Waals surface area contributed by atoms with Crippen LogP contribution in [-0.2, 0) is 31.2 Å². The van der Waals surface area contributed by atoms with Crippen LogP contribution in [0.4, 0.5) is 4.79 Å². The molecule has 1 N–H and O–H groups in total. The second-order valence-corrected chi connectivity index (χ2v) is 8.53. The molecule has 0 spiro atoms. The SMILES string of the molecule is O=C(O)n1ccc2c(Cn3nc(OCc4ccccc4)c(=O)n(COCc4ccccc4)c3=O)cccc21.